The summed E-state index contributed by atoms with van der Waals surface area (Å²) in [7, 11) is 0. The zero-order chi connectivity index (χ0) is 7.56. The average molecular weight is 206 g/mol. The number of hydrogen-bond acceptors (Lipinski definition) is 1. The van der Waals surface area contributed by atoms with E-state index in [1.54, 1.807) is 0 Å². The van der Waals surface area contributed by atoms with Gasteiger partial charge in [-0.1, -0.05) is 15.9 Å². The molecular formula is C8H16BrN. The zero-order valence-electron chi connectivity index (χ0n) is 6.81. The Morgan fingerprint density at radius 1 is 1.50 bits per heavy atom. The third-order valence-electron chi connectivity index (χ3n) is 2.02. The van der Waals surface area contributed by atoms with Gasteiger partial charge in [-0.2, -0.15) is 0 Å². The van der Waals surface area contributed by atoms with Crippen molar-refractivity contribution in [2.75, 3.05) is 11.9 Å². The van der Waals surface area contributed by atoms with Crippen LogP contribution in [0.3, 0.4) is 0 Å². The molecule has 0 N–H and O–H groups in total. The first kappa shape index (κ1) is 8.54. The maximum atomic E-state index is 3.47. The van der Waals surface area contributed by atoms with Gasteiger partial charge in [-0.3, -0.25) is 4.90 Å². The van der Waals surface area contributed by atoms with Crippen molar-refractivity contribution in [3.63, 3.8) is 0 Å². The third kappa shape index (κ3) is 2.24. The highest BCUT2D eigenvalue weighted by Gasteiger charge is 2.29. The molecule has 1 aliphatic carbocycles. The normalized spacial score (nSPS) is 18.9. The summed E-state index contributed by atoms with van der Waals surface area (Å²) >= 11 is 3.47. The summed E-state index contributed by atoms with van der Waals surface area (Å²) in [5.41, 5.74) is 0. The Kier molecular flexibility index (Phi) is 3.18. The first-order valence-corrected chi connectivity index (χ1v) is 5.19. The Balaban J connectivity index is 2.26. The van der Waals surface area contributed by atoms with Crippen LogP contribution in [0.1, 0.15) is 26.7 Å². The molecule has 0 spiro atoms. The van der Waals surface area contributed by atoms with E-state index in [0.29, 0.717) is 0 Å². The van der Waals surface area contributed by atoms with Crippen LogP contribution < -0.4 is 0 Å². The highest BCUT2D eigenvalue weighted by Crippen LogP contribution is 2.28. The smallest absolute Gasteiger partial charge is 0.0159 e. The van der Waals surface area contributed by atoms with E-state index in [1.807, 2.05) is 0 Å². The lowest BCUT2D eigenvalue weighted by Crippen LogP contribution is -2.34. The van der Waals surface area contributed by atoms with Crippen molar-refractivity contribution in [1.82, 2.24) is 4.90 Å². The van der Waals surface area contributed by atoms with Crippen LogP contribution in [0.2, 0.25) is 0 Å². The molecule has 0 amide bonds. The number of rotatable bonds is 4. The molecule has 1 nitrogen and oxygen atoms in total. The summed E-state index contributed by atoms with van der Waals surface area (Å²) in [5, 5.41) is 1.11. The summed E-state index contributed by atoms with van der Waals surface area (Å²) in [6, 6.07) is 1.64. The van der Waals surface area contributed by atoms with Crippen molar-refractivity contribution in [3.8, 4) is 0 Å². The monoisotopic (exact) mass is 205 g/mol. The molecule has 10 heavy (non-hydrogen) atoms. The second-order valence-corrected chi connectivity index (χ2v) is 4.04. The van der Waals surface area contributed by atoms with E-state index in [2.05, 4.69) is 34.7 Å². The molecule has 1 rings (SSSR count). The lowest BCUT2D eigenvalue weighted by molar-refractivity contribution is 0.226. The lowest BCUT2D eigenvalue weighted by Gasteiger charge is -2.24. The molecule has 0 radical (unpaired) electrons. The quantitative estimate of drug-likeness (QED) is 0.637. The Morgan fingerprint density at radius 3 is 2.40 bits per heavy atom. The molecule has 0 aliphatic heterocycles. The van der Waals surface area contributed by atoms with Crippen LogP contribution in [0.4, 0.5) is 0 Å². The summed E-state index contributed by atoms with van der Waals surface area (Å²) in [6.45, 7) is 5.77. The van der Waals surface area contributed by atoms with E-state index in [-0.39, 0.29) is 0 Å². The van der Waals surface area contributed by atoms with Gasteiger partial charge in [0.2, 0.25) is 0 Å². The minimum Gasteiger partial charge on any atom is -0.297 e. The van der Waals surface area contributed by atoms with Crippen LogP contribution in [0, 0.1) is 0 Å². The van der Waals surface area contributed by atoms with Gasteiger partial charge in [-0.25, -0.2) is 0 Å². The first-order valence-electron chi connectivity index (χ1n) is 4.07. The Morgan fingerprint density at radius 2 is 2.10 bits per heavy atom. The van der Waals surface area contributed by atoms with Gasteiger partial charge in [-0.05, 0) is 26.7 Å². The molecule has 60 valence electrons. The summed E-state index contributed by atoms with van der Waals surface area (Å²) in [5.74, 6) is 0. The molecule has 1 saturated carbocycles. The van der Waals surface area contributed by atoms with Crippen molar-refractivity contribution in [3.05, 3.63) is 0 Å². The molecule has 0 bridgehead atoms. The summed E-state index contributed by atoms with van der Waals surface area (Å²) in [6.07, 6.45) is 2.84. The zero-order valence-corrected chi connectivity index (χ0v) is 8.39. The number of alkyl halides is 1. The van der Waals surface area contributed by atoms with Crippen molar-refractivity contribution in [2.24, 2.45) is 0 Å². The lowest BCUT2D eigenvalue weighted by atomic mass is 10.3. The van der Waals surface area contributed by atoms with Gasteiger partial charge >= 0.3 is 0 Å². The first-order chi connectivity index (χ1) is 4.75. The van der Waals surface area contributed by atoms with Gasteiger partial charge < -0.3 is 0 Å². The van der Waals surface area contributed by atoms with Crippen molar-refractivity contribution in [2.45, 2.75) is 38.8 Å². The van der Waals surface area contributed by atoms with Gasteiger partial charge in [-0.15, -0.1) is 0 Å². The van der Waals surface area contributed by atoms with Crippen LogP contribution in [0.5, 0.6) is 0 Å². The third-order valence-corrected chi connectivity index (χ3v) is 2.38. The number of halogens is 1. The second-order valence-electron chi connectivity index (χ2n) is 3.25. The van der Waals surface area contributed by atoms with Crippen LogP contribution in [0.15, 0.2) is 0 Å². The van der Waals surface area contributed by atoms with E-state index in [9.17, 15) is 0 Å². The van der Waals surface area contributed by atoms with Gasteiger partial charge in [0.1, 0.15) is 0 Å². The van der Waals surface area contributed by atoms with Crippen LogP contribution >= 0.6 is 15.9 Å². The number of nitrogens with zero attached hydrogens (tertiary/aromatic N) is 1. The molecule has 0 unspecified atom stereocenters. The molecule has 1 aliphatic rings. The van der Waals surface area contributed by atoms with Crippen LogP contribution in [-0.2, 0) is 0 Å². The van der Waals surface area contributed by atoms with Crippen molar-refractivity contribution in [1.29, 1.82) is 0 Å². The van der Waals surface area contributed by atoms with Crippen molar-refractivity contribution >= 4 is 15.9 Å². The highest BCUT2D eigenvalue weighted by atomic mass is 79.9. The van der Waals surface area contributed by atoms with Crippen LogP contribution in [-0.4, -0.2) is 28.9 Å². The average Bonchev–Trinajstić information content (AvgIpc) is 2.63. The predicted molar refractivity (Wildman–Crippen MR) is 48.7 cm³/mol. The maximum absolute atomic E-state index is 3.47. The molecule has 0 heterocycles. The largest absolute Gasteiger partial charge is 0.297 e. The minimum atomic E-state index is 0.727. The fourth-order valence-electron chi connectivity index (χ4n) is 1.37. The fourth-order valence-corrected chi connectivity index (χ4v) is 1.78. The summed E-state index contributed by atoms with van der Waals surface area (Å²) in [4.78, 5) is 2.58. The predicted octanol–water partition coefficient (Wildman–Crippen LogP) is 2.25. The summed E-state index contributed by atoms with van der Waals surface area (Å²) < 4.78 is 0. The Labute approximate surface area is 71.9 Å². The molecule has 0 aromatic rings. The van der Waals surface area contributed by atoms with Crippen LogP contribution in [0.25, 0.3) is 0 Å². The highest BCUT2D eigenvalue weighted by molar-refractivity contribution is 9.09. The molecule has 0 saturated heterocycles. The van der Waals surface area contributed by atoms with E-state index >= 15 is 0 Å². The molecule has 0 aromatic heterocycles. The molecule has 0 atom stereocenters. The number of hydrogen-bond donors (Lipinski definition) is 0. The standard InChI is InChI=1S/C8H16BrN/c1-7(2)10(6-5-9)8-3-4-8/h7-8H,3-6H2,1-2H3. The van der Waals surface area contributed by atoms with Crippen molar-refractivity contribution < 1.29 is 0 Å². The SMILES string of the molecule is CC(C)N(CCBr)C1CC1. The van der Waals surface area contributed by atoms with Gasteiger partial charge in [0.15, 0.2) is 0 Å². The topological polar surface area (TPSA) is 3.24 Å². The molecular weight excluding hydrogens is 190 g/mol. The van der Waals surface area contributed by atoms with Gasteiger partial charge in [0.05, 0.1) is 0 Å². The Bertz CT molecular complexity index is 97.4. The molecule has 1 fully saturated rings. The van der Waals surface area contributed by atoms with E-state index in [0.717, 1.165) is 17.4 Å². The van der Waals surface area contributed by atoms with E-state index in [1.165, 1.54) is 19.4 Å². The molecule has 0 aromatic carbocycles. The second kappa shape index (κ2) is 3.72. The maximum Gasteiger partial charge on any atom is 0.0159 e. The fraction of sp³-hybridized carbons (Fsp3) is 1.00. The molecule has 2 heteroatoms. The van der Waals surface area contributed by atoms with E-state index < -0.39 is 0 Å². The van der Waals surface area contributed by atoms with Gasteiger partial charge in [0, 0.05) is 24.0 Å². The Hall–Kier alpha value is 0.440. The van der Waals surface area contributed by atoms with Gasteiger partial charge in [0.25, 0.3) is 0 Å². The minimum absolute atomic E-state index is 0.727. The van der Waals surface area contributed by atoms with E-state index in [4.69, 9.17) is 0 Å².